The molecule has 1 atom stereocenters. The van der Waals surface area contributed by atoms with Gasteiger partial charge in [0.1, 0.15) is 12.5 Å². The van der Waals surface area contributed by atoms with Crippen molar-refractivity contribution in [3.63, 3.8) is 0 Å². The molecule has 0 aliphatic carbocycles. The van der Waals surface area contributed by atoms with Crippen LogP contribution < -0.4 is 0 Å². The number of carboxylic acid groups (broad SMARTS) is 1. The Bertz CT molecular complexity index is 514. The average Bonchev–Trinajstić information content (AvgIpc) is 2.46. The zero-order valence-corrected chi connectivity index (χ0v) is 10.8. The van der Waals surface area contributed by atoms with Crippen molar-refractivity contribution >= 4 is 18.0 Å². The van der Waals surface area contributed by atoms with Gasteiger partial charge in [0.15, 0.2) is 0 Å². The predicted octanol–water partition coefficient (Wildman–Crippen LogP) is 1.65. The third-order valence-corrected chi connectivity index (χ3v) is 3.16. The monoisotopic (exact) mass is 277 g/mol. The molecule has 6 nitrogen and oxygen atoms in total. The van der Waals surface area contributed by atoms with Gasteiger partial charge in [-0.2, -0.15) is 0 Å². The van der Waals surface area contributed by atoms with Crippen LogP contribution in [0.1, 0.15) is 18.4 Å². The average molecular weight is 277 g/mol. The fourth-order valence-corrected chi connectivity index (χ4v) is 2.08. The van der Waals surface area contributed by atoms with Crippen LogP contribution in [0.3, 0.4) is 0 Å². The molecule has 20 heavy (non-hydrogen) atoms. The van der Waals surface area contributed by atoms with Crippen molar-refractivity contribution in [3.05, 3.63) is 35.9 Å². The van der Waals surface area contributed by atoms with Gasteiger partial charge in [-0.3, -0.25) is 9.59 Å². The molecule has 1 unspecified atom stereocenters. The Hall–Kier alpha value is -2.37. The van der Waals surface area contributed by atoms with Gasteiger partial charge < -0.3 is 9.84 Å². The lowest BCUT2D eigenvalue weighted by Gasteiger charge is -2.27. The maximum Gasteiger partial charge on any atom is 0.416 e. The summed E-state index contributed by atoms with van der Waals surface area (Å²) in [5.41, 5.74) is 0.806. The lowest BCUT2D eigenvalue weighted by Crippen LogP contribution is -2.47. The predicted molar refractivity (Wildman–Crippen MR) is 68.7 cm³/mol. The number of amides is 2. The number of nitrogens with zero attached hydrogens (tertiary/aromatic N) is 1. The van der Waals surface area contributed by atoms with E-state index in [1.807, 2.05) is 18.2 Å². The van der Waals surface area contributed by atoms with Crippen LogP contribution in [-0.4, -0.2) is 34.5 Å². The molecule has 6 heteroatoms. The Balaban J connectivity index is 1.95. The van der Waals surface area contributed by atoms with Gasteiger partial charge >= 0.3 is 12.1 Å². The molecular formula is C14H15NO5. The molecule has 1 saturated heterocycles. The molecule has 1 aromatic carbocycles. The molecule has 1 aliphatic heterocycles. The molecule has 1 heterocycles. The van der Waals surface area contributed by atoms with Crippen molar-refractivity contribution in [2.75, 3.05) is 6.54 Å². The fourth-order valence-electron chi connectivity index (χ4n) is 2.08. The number of carbonyl (C=O) groups is 3. The van der Waals surface area contributed by atoms with Gasteiger partial charge in [0.25, 0.3) is 0 Å². The van der Waals surface area contributed by atoms with Crippen LogP contribution in [0.25, 0.3) is 0 Å². The van der Waals surface area contributed by atoms with Crippen molar-refractivity contribution < 1.29 is 24.2 Å². The van der Waals surface area contributed by atoms with Gasteiger partial charge in [0.05, 0.1) is 0 Å². The van der Waals surface area contributed by atoms with Crippen LogP contribution in [-0.2, 0) is 20.9 Å². The molecule has 106 valence electrons. The smallest absolute Gasteiger partial charge is 0.416 e. The Morgan fingerprint density at radius 3 is 2.65 bits per heavy atom. The summed E-state index contributed by atoms with van der Waals surface area (Å²) in [6.45, 7) is 0.261. The van der Waals surface area contributed by atoms with E-state index in [1.165, 1.54) is 0 Å². The lowest BCUT2D eigenvalue weighted by atomic mass is 9.98. The number of imide groups is 1. The first-order valence-corrected chi connectivity index (χ1v) is 6.34. The van der Waals surface area contributed by atoms with Crippen LogP contribution in [0.5, 0.6) is 0 Å². The molecule has 0 bridgehead atoms. The van der Waals surface area contributed by atoms with Crippen LogP contribution in [0.4, 0.5) is 4.79 Å². The lowest BCUT2D eigenvalue weighted by molar-refractivity contribution is -0.152. The van der Waals surface area contributed by atoms with Crippen molar-refractivity contribution in [1.82, 2.24) is 4.90 Å². The zero-order valence-electron chi connectivity index (χ0n) is 10.8. The number of ether oxygens (including phenoxy) is 1. The largest absolute Gasteiger partial charge is 0.481 e. The van der Waals surface area contributed by atoms with E-state index in [9.17, 15) is 14.4 Å². The molecule has 2 amide bonds. The summed E-state index contributed by atoms with van der Waals surface area (Å²) in [6.07, 6.45) is -0.0513. The second-order valence-electron chi connectivity index (χ2n) is 4.56. The van der Waals surface area contributed by atoms with Crippen LogP contribution in [0.15, 0.2) is 30.3 Å². The van der Waals surface area contributed by atoms with Gasteiger partial charge in [-0.1, -0.05) is 30.3 Å². The van der Waals surface area contributed by atoms with Crippen molar-refractivity contribution in [3.8, 4) is 0 Å². The number of hydrogen-bond acceptors (Lipinski definition) is 4. The molecule has 2 rings (SSSR count). The minimum atomic E-state index is -1.20. The Morgan fingerprint density at radius 2 is 2.00 bits per heavy atom. The molecule has 0 spiro atoms. The molecule has 1 fully saturated rings. The second-order valence-corrected chi connectivity index (χ2v) is 4.56. The van der Waals surface area contributed by atoms with E-state index in [2.05, 4.69) is 0 Å². The first kappa shape index (κ1) is 14.0. The third-order valence-electron chi connectivity index (χ3n) is 3.16. The highest BCUT2D eigenvalue weighted by Gasteiger charge is 2.37. The molecule has 0 saturated carbocycles. The number of carboxylic acids is 1. The highest BCUT2D eigenvalue weighted by atomic mass is 16.6. The summed E-state index contributed by atoms with van der Waals surface area (Å²) in [4.78, 5) is 35.5. The summed E-state index contributed by atoms with van der Waals surface area (Å²) in [6, 6.07) is 9.07. The van der Waals surface area contributed by atoms with Gasteiger partial charge in [-0.25, -0.2) is 9.69 Å². The fraction of sp³-hybridized carbons (Fsp3) is 0.357. The molecule has 0 radical (unpaired) electrons. The highest BCUT2D eigenvalue weighted by Crippen LogP contribution is 2.19. The summed E-state index contributed by atoms with van der Waals surface area (Å²) < 4.78 is 5.04. The number of rotatable bonds is 3. The first-order chi connectivity index (χ1) is 9.59. The molecular weight excluding hydrogens is 262 g/mol. The number of hydrogen-bond donors (Lipinski definition) is 1. The van der Waals surface area contributed by atoms with Crippen LogP contribution in [0, 0.1) is 5.92 Å². The summed E-state index contributed by atoms with van der Waals surface area (Å²) >= 11 is 0. The minimum absolute atomic E-state index is 0.0567. The zero-order chi connectivity index (χ0) is 14.5. The molecule has 1 aliphatic rings. The molecule has 1 N–H and O–H groups in total. The van der Waals surface area contributed by atoms with E-state index in [4.69, 9.17) is 9.84 Å². The maximum atomic E-state index is 11.9. The minimum Gasteiger partial charge on any atom is -0.481 e. The van der Waals surface area contributed by atoms with Gasteiger partial charge in [0, 0.05) is 6.54 Å². The number of aliphatic carboxylic acids is 1. The number of benzene rings is 1. The van der Waals surface area contributed by atoms with Crippen LogP contribution >= 0.6 is 0 Å². The van der Waals surface area contributed by atoms with Gasteiger partial charge in [-0.15, -0.1) is 0 Å². The topological polar surface area (TPSA) is 83.9 Å². The van der Waals surface area contributed by atoms with E-state index >= 15 is 0 Å². The number of carbonyl (C=O) groups excluding carboxylic acids is 2. The van der Waals surface area contributed by atoms with E-state index in [0.29, 0.717) is 6.42 Å². The van der Waals surface area contributed by atoms with E-state index in [0.717, 1.165) is 10.5 Å². The maximum absolute atomic E-state index is 11.9. The van der Waals surface area contributed by atoms with Crippen LogP contribution in [0.2, 0.25) is 0 Å². The Morgan fingerprint density at radius 1 is 1.30 bits per heavy atom. The van der Waals surface area contributed by atoms with Crippen molar-refractivity contribution in [1.29, 1.82) is 0 Å². The standard InChI is InChI=1S/C14H15NO5/c16-12-11(13(17)18)7-4-8-15(12)14(19)20-9-10-5-2-1-3-6-10/h1-3,5-6,11H,4,7-9H2,(H,17,18). The van der Waals surface area contributed by atoms with Crippen molar-refractivity contribution in [2.24, 2.45) is 5.92 Å². The van der Waals surface area contributed by atoms with Crippen molar-refractivity contribution in [2.45, 2.75) is 19.4 Å². The quantitative estimate of drug-likeness (QED) is 0.849. The number of piperidine rings is 1. The highest BCUT2D eigenvalue weighted by molar-refractivity contribution is 6.03. The van der Waals surface area contributed by atoms with E-state index in [1.54, 1.807) is 12.1 Å². The SMILES string of the molecule is O=C(O)C1CCCN(C(=O)OCc2ccccc2)C1=O. The summed E-state index contributed by atoms with van der Waals surface area (Å²) in [7, 11) is 0. The summed E-state index contributed by atoms with van der Waals surface area (Å²) in [5, 5.41) is 8.92. The molecule has 0 aromatic heterocycles. The Kier molecular flexibility index (Phi) is 4.34. The van der Waals surface area contributed by atoms with Gasteiger partial charge in [-0.05, 0) is 18.4 Å². The van der Waals surface area contributed by atoms with E-state index in [-0.39, 0.29) is 19.6 Å². The first-order valence-electron chi connectivity index (χ1n) is 6.34. The second kappa shape index (κ2) is 6.18. The number of likely N-dealkylation sites (tertiary alicyclic amines) is 1. The van der Waals surface area contributed by atoms with Gasteiger partial charge in [0.2, 0.25) is 5.91 Å². The summed E-state index contributed by atoms with van der Waals surface area (Å²) in [5.74, 6) is -3.04. The normalized spacial score (nSPS) is 18.7. The Labute approximate surface area is 115 Å². The third kappa shape index (κ3) is 3.14. The molecule has 1 aromatic rings. The van der Waals surface area contributed by atoms with E-state index < -0.39 is 23.9 Å².